The van der Waals surface area contributed by atoms with Crippen LogP contribution >= 0.6 is 0 Å². The number of ether oxygens (including phenoxy) is 1. The number of benzene rings is 1. The van der Waals surface area contributed by atoms with Crippen molar-refractivity contribution in [2.24, 2.45) is 0 Å². The van der Waals surface area contributed by atoms with Crippen molar-refractivity contribution in [2.45, 2.75) is 32.1 Å². The van der Waals surface area contributed by atoms with Gasteiger partial charge in [0, 0.05) is 42.6 Å². The minimum Gasteiger partial charge on any atom is -0.381 e. The number of halogens is 1. The monoisotopic (exact) mass is 392 g/mol. The van der Waals surface area contributed by atoms with E-state index in [1.54, 1.807) is 6.20 Å². The Hall–Kier alpha value is -2.86. The van der Waals surface area contributed by atoms with E-state index in [0.29, 0.717) is 25.6 Å². The molecule has 0 atom stereocenters. The summed E-state index contributed by atoms with van der Waals surface area (Å²) in [5.74, 6) is 1.20. The van der Waals surface area contributed by atoms with Crippen LogP contribution in [0.3, 0.4) is 0 Å². The number of aryl methyl sites for hydroxylation is 1. The Balaban J connectivity index is 1.64. The van der Waals surface area contributed by atoms with E-state index in [4.69, 9.17) is 9.72 Å². The molecule has 1 aliphatic heterocycles. The normalized spacial score (nSPS) is 15.8. The van der Waals surface area contributed by atoms with Crippen LogP contribution in [0.1, 0.15) is 29.7 Å². The highest BCUT2D eigenvalue weighted by Crippen LogP contribution is 2.35. The van der Waals surface area contributed by atoms with Crippen LogP contribution in [-0.4, -0.2) is 34.7 Å². The first-order valence-corrected chi connectivity index (χ1v) is 9.92. The van der Waals surface area contributed by atoms with Gasteiger partial charge in [0.25, 0.3) is 0 Å². The summed E-state index contributed by atoms with van der Waals surface area (Å²) >= 11 is 0. The number of hydrogen-bond acceptors (Lipinski definition) is 5. The van der Waals surface area contributed by atoms with Crippen molar-refractivity contribution < 1.29 is 9.13 Å². The Morgan fingerprint density at radius 1 is 1.03 bits per heavy atom. The average Bonchev–Trinajstić information content (AvgIpc) is 2.76. The van der Waals surface area contributed by atoms with Crippen LogP contribution in [0.5, 0.6) is 0 Å². The van der Waals surface area contributed by atoms with E-state index >= 15 is 0 Å². The predicted octanol–water partition coefficient (Wildman–Crippen LogP) is 4.45. The summed E-state index contributed by atoms with van der Waals surface area (Å²) in [6.45, 7) is 6.09. The van der Waals surface area contributed by atoms with Gasteiger partial charge in [-0.05, 0) is 56.5 Å². The molecule has 5 nitrogen and oxygen atoms in total. The average molecular weight is 392 g/mol. The number of anilines is 1. The third-order valence-electron chi connectivity index (χ3n) is 5.78. The van der Waals surface area contributed by atoms with E-state index < -0.39 is 0 Å². The van der Waals surface area contributed by atoms with E-state index in [2.05, 4.69) is 15.3 Å². The number of pyridine rings is 1. The minimum absolute atomic E-state index is 0.123. The van der Waals surface area contributed by atoms with Crippen molar-refractivity contribution in [3.8, 4) is 11.5 Å². The first-order valence-electron chi connectivity index (χ1n) is 9.92. The molecular formula is C23H25FN4O. The number of aromatic nitrogens is 3. The molecule has 0 aliphatic carbocycles. The van der Waals surface area contributed by atoms with Gasteiger partial charge >= 0.3 is 0 Å². The Kier molecular flexibility index (Phi) is 5.53. The third kappa shape index (κ3) is 4.12. The number of rotatable bonds is 5. The van der Waals surface area contributed by atoms with Gasteiger partial charge < -0.3 is 10.1 Å². The molecule has 1 N–H and O–H groups in total. The van der Waals surface area contributed by atoms with Crippen LogP contribution in [0.2, 0.25) is 0 Å². The lowest BCUT2D eigenvalue weighted by molar-refractivity contribution is 0.0543. The van der Waals surface area contributed by atoms with Crippen LogP contribution in [0.4, 0.5) is 10.2 Å². The van der Waals surface area contributed by atoms with Crippen LogP contribution in [0.15, 0.2) is 48.7 Å². The summed E-state index contributed by atoms with van der Waals surface area (Å²) in [5, 5.41) is 3.56. The Morgan fingerprint density at radius 3 is 2.48 bits per heavy atom. The summed E-state index contributed by atoms with van der Waals surface area (Å²) in [6.07, 6.45) is 3.50. The van der Waals surface area contributed by atoms with E-state index in [9.17, 15) is 4.39 Å². The first-order chi connectivity index (χ1) is 14.1. The van der Waals surface area contributed by atoms with Crippen LogP contribution in [-0.2, 0) is 10.2 Å². The Morgan fingerprint density at radius 2 is 1.79 bits per heavy atom. The maximum absolute atomic E-state index is 13.5. The highest BCUT2D eigenvalue weighted by Gasteiger charge is 2.34. The Bertz CT molecular complexity index is 970. The molecule has 4 rings (SSSR count). The molecule has 0 unspecified atom stereocenters. The molecule has 29 heavy (non-hydrogen) atoms. The van der Waals surface area contributed by atoms with Gasteiger partial charge in [-0.1, -0.05) is 18.2 Å². The SMILES string of the molecule is Cc1nc(-c2ccccn2)nc(NCC2(c3ccc(F)cc3)CCOCC2)c1C. The van der Waals surface area contributed by atoms with Gasteiger partial charge in [0.2, 0.25) is 0 Å². The Labute approximate surface area is 170 Å². The van der Waals surface area contributed by atoms with E-state index in [1.807, 2.05) is 44.2 Å². The van der Waals surface area contributed by atoms with Crippen LogP contribution < -0.4 is 5.32 Å². The maximum Gasteiger partial charge on any atom is 0.180 e. The highest BCUT2D eigenvalue weighted by atomic mass is 19.1. The number of nitrogens with zero attached hydrogens (tertiary/aromatic N) is 3. The first kappa shape index (κ1) is 19.5. The molecule has 0 radical (unpaired) electrons. The number of hydrogen-bond donors (Lipinski definition) is 1. The molecule has 1 saturated heterocycles. The molecule has 0 spiro atoms. The van der Waals surface area contributed by atoms with Crippen molar-refractivity contribution in [3.63, 3.8) is 0 Å². The van der Waals surface area contributed by atoms with E-state index in [-0.39, 0.29) is 11.2 Å². The quantitative estimate of drug-likeness (QED) is 0.695. The maximum atomic E-state index is 13.5. The molecular weight excluding hydrogens is 367 g/mol. The summed E-state index contributed by atoms with van der Waals surface area (Å²) in [4.78, 5) is 13.7. The summed E-state index contributed by atoms with van der Waals surface area (Å²) in [7, 11) is 0. The molecule has 0 amide bonds. The number of nitrogens with one attached hydrogen (secondary N) is 1. The smallest absolute Gasteiger partial charge is 0.180 e. The molecule has 0 saturated carbocycles. The molecule has 1 aromatic carbocycles. The second kappa shape index (κ2) is 8.25. The molecule has 3 heterocycles. The molecule has 150 valence electrons. The molecule has 3 aromatic rings. The highest BCUT2D eigenvalue weighted by molar-refractivity contribution is 5.56. The second-order valence-electron chi connectivity index (χ2n) is 7.57. The van der Waals surface area contributed by atoms with Gasteiger partial charge in [-0.15, -0.1) is 0 Å². The molecule has 6 heteroatoms. The van der Waals surface area contributed by atoms with Crippen LogP contribution in [0.25, 0.3) is 11.5 Å². The fourth-order valence-corrected chi connectivity index (χ4v) is 3.80. The topological polar surface area (TPSA) is 59.9 Å². The van der Waals surface area contributed by atoms with E-state index in [1.165, 1.54) is 12.1 Å². The van der Waals surface area contributed by atoms with Gasteiger partial charge in [-0.3, -0.25) is 4.98 Å². The lowest BCUT2D eigenvalue weighted by atomic mass is 9.74. The van der Waals surface area contributed by atoms with Gasteiger partial charge in [0.15, 0.2) is 5.82 Å². The van der Waals surface area contributed by atoms with E-state index in [0.717, 1.165) is 41.2 Å². The van der Waals surface area contributed by atoms with Crippen molar-refractivity contribution in [1.29, 1.82) is 0 Å². The van der Waals surface area contributed by atoms with Gasteiger partial charge in [-0.2, -0.15) is 0 Å². The fraction of sp³-hybridized carbons (Fsp3) is 0.348. The molecule has 2 aromatic heterocycles. The zero-order valence-corrected chi connectivity index (χ0v) is 16.8. The zero-order chi connectivity index (χ0) is 20.3. The van der Waals surface area contributed by atoms with Gasteiger partial charge in [-0.25, -0.2) is 14.4 Å². The van der Waals surface area contributed by atoms with Crippen molar-refractivity contribution in [2.75, 3.05) is 25.1 Å². The van der Waals surface area contributed by atoms with Crippen molar-refractivity contribution in [3.05, 3.63) is 71.3 Å². The largest absolute Gasteiger partial charge is 0.381 e. The lowest BCUT2D eigenvalue weighted by Crippen LogP contribution is -2.40. The standard InChI is InChI=1S/C23H25FN4O/c1-16-17(2)27-22(20-5-3-4-12-25-20)28-21(16)26-15-23(10-13-29-14-11-23)18-6-8-19(24)9-7-18/h3-9,12H,10-11,13-15H2,1-2H3,(H,26,27,28). The lowest BCUT2D eigenvalue weighted by Gasteiger charge is -2.38. The zero-order valence-electron chi connectivity index (χ0n) is 16.8. The van der Waals surface area contributed by atoms with Crippen molar-refractivity contribution in [1.82, 2.24) is 15.0 Å². The predicted molar refractivity (Wildman–Crippen MR) is 111 cm³/mol. The molecule has 0 bridgehead atoms. The van der Waals surface area contributed by atoms with Gasteiger partial charge in [0.1, 0.15) is 17.3 Å². The third-order valence-corrected chi connectivity index (χ3v) is 5.78. The van der Waals surface area contributed by atoms with Crippen LogP contribution in [0, 0.1) is 19.7 Å². The van der Waals surface area contributed by atoms with Gasteiger partial charge in [0.05, 0.1) is 0 Å². The fourth-order valence-electron chi connectivity index (χ4n) is 3.80. The molecule has 1 aliphatic rings. The second-order valence-corrected chi connectivity index (χ2v) is 7.57. The summed E-state index contributed by atoms with van der Waals surface area (Å²) in [5.41, 5.74) is 3.69. The van der Waals surface area contributed by atoms with Crippen molar-refractivity contribution >= 4 is 5.82 Å². The minimum atomic E-state index is -0.216. The summed E-state index contributed by atoms with van der Waals surface area (Å²) in [6, 6.07) is 12.6. The molecule has 1 fully saturated rings. The summed E-state index contributed by atoms with van der Waals surface area (Å²) < 4.78 is 19.1.